The predicted molar refractivity (Wildman–Crippen MR) is 71.9 cm³/mol. The van der Waals surface area contributed by atoms with Gasteiger partial charge >= 0.3 is 0 Å². The number of carbonyl (C=O) groups excluding carboxylic acids is 1. The average Bonchev–Trinajstić information content (AvgIpc) is 2.28. The third kappa shape index (κ3) is 5.53. The molecule has 1 aliphatic heterocycles. The maximum absolute atomic E-state index is 12.0. The number of amides is 1. The molecular formula is C14H28N2O. The minimum Gasteiger partial charge on any atom is -0.356 e. The molecule has 100 valence electrons. The minimum absolute atomic E-state index is 0.175. The number of nitrogens with one attached hydrogen (secondary N) is 2. The topological polar surface area (TPSA) is 41.1 Å². The number of carbonyl (C=O) groups is 1. The molecule has 2 unspecified atom stereocenters. The molecule has 3 heteroatoms. The summed E-state index contributed by atoms with van der Waals surface area (Å²) < 4.78 is 0. The Balaban J connectivity index is 2.11. The molecule has 1 rings (SSSR count). The van der Waals surface area contributed by atoms with Crippen LogP contribution in [-0.4, -0.2) is 25.0 Å². The van der Waals surface area contributed by atoms with Crippen molar-refractivity contribution in [2.24, 2.45) is 11.8 Å². The quantitative estimate of drug-likeness (QED) is 0.700. The minimum atomic E-state index is 0.175. The Hall–Kier alpha value is -0.570. The van der Waals surface area contributed by atoms with E-state index in [4.69, 9.17) is 0 Å². The summed E-state index contributed by atoms with van der Waals surface area (Å²) in [5.74, 6) is 1.19. The number of hydrogen-bond acceptors (Lipinski definition) is 2. The van der Waals surface area contributed by atoms with Gasteiger partial charge in [0.1, 0.15) is 0 Å². The van der Waals surface area contributed by atoms with E-state index in [1.165, 1.54) is 12.8 Å². The zero-order valence-electron chi connectivity index (χ0n) is 11.6. The summed E-state index contributed by atoms with van der Waals surface area (Å²) in [5.41, 5.74) is 0. The van der Waals surface area contributed by atoms with Crippen molar-refractivity contribution >= 4 is 5.91 Å². The molecule has 1 saturated heterocycles. The Labute approximate surface area is 106 Å². The highest BCUT2D eigenvalue weighted by molar-refractivity contribution is 5.79. The van der Waals surface area contributed by atoms with E-state index >= 15 is 0 Å². The lowest BCUT2D eigenvalue weighted by molar-refractivity contribution is -0.126. The summed E-state index contributed by atoms with van der Waals surface area (Å²) in [6.07, 6.45) is 5.74. The van der Waals surface area contributed by atoms with Crippen molar-refractivity contribution in [1.29, 1.82) is 0 Å². The van der Waals surface area contributed by atoms with Gasteiger partial charge in [-0.2, -0.15) is 0 Å². The first-order valence-corrected chi connectivity index (χ1v) is 7.12. The Kier molecular flexibility index (Phi) is 6.56. The summed E-state index contributed by atoms with van der Waals surface area (Å²) in [6, 6.07) is 0.333. The smallest absolute Gasteiger partial charge is 0.224 e. The molecule has 1 heterocycles. The summed E-state index contributed by atoms with van der Waals surface area (Å²) in [4.78, 5) is 12.0. The van der Waals surface area contributed by atoms with Crippen LogP contribution < -0.4 is 10.6 Å². The number of unbranched alkanes of at least 4 members (excludes halogenated alkanes) is 1. The molecule has 0 aromatic heterocycles. The van der Waals surface area contributed by atoms with E-state index in [9.17, 15) is 4.79 Å². The fourth-order valence-electron chi connectivity index (χ4n) is 2.42. The second kappa shape index (κ2) is 7.70. The molecule has 1 fully saturated rings. The van der Waals surface area contributed by atoms with E-state index in [0.29, 0.717) is 6.04 Å². The van der Waals surface area contributed by atoms with Crippen molar-refractivity contribution in [2.45, 2.75) is 58.9 Å². The summed E-state index contributed by atoms with van der Waals surface area (Å²) >= 11 is 0. The first-order chi connectivity index (χ1) is 8.11. The molecule has 0 spiro atoms. The summed E-state index contributed by atoms with van der Waals surface area (Å²) in [6.45, 7) is 8.50. The van der Waals surface area contributed by atoms with E-state index in [-0.39, 0.29) is 11.8 Å². The van der Waals surface area contributed by atoms with Crippen LogP contribution in [0.15, 0.2) is 0 Å². The molecule has 0 radical (unpaired) electrons. The van der Waals surface area contributed by atoms with Crippen LogP contribution in [0, 0.1) is 11.8 Å². The monoisotopic (exact) mass is 240 g/mol. The predicted octanol–water partition coefficient (Wildman–Crippen LogP) is 2.32. The normalized spacial score (nSPS) is 24.9. The van der Waals surface area contributed by atoms with Crippen LogP contribution in [0.1, 0.15) is 52.9 Å². The van der Waals surface area contributed by atoms with Crippen LogP contribution in [-0.2, 0) is 4.79 Å². The molecule has 0 aliphatic carbocycles. The van der Waals surface area contributed by atoms with Gasteiger partial charge in [0.2, 0.25) is 5.91 Å². The summed E-state index contributed by atoms with van der Waals surface area (Å²) in [7, 11) is 0. The number of hydrogen-bond donors (Lipinski definition) is 2. The van der Waals surface area contributed by atoms with Crippen molar-refractivity contribution in [2.75, 3.05) is 13.1 Å². The lowest BCUT2D eigenvalue weighted by Gasteiger charge is -2.28. The Morgan fingerprint density at radius 2 is 2.18 bits per heavy atom. The lowest BCUT2D eigenvalue weighted by atomic mass is 9.91. The van der Waals surface area contributed by atoms with Gasteiger partial charge in [0.15, 0.2) is 0 Å². The SMILES string of the molecule is CC(C)CCCCNC(=O)C1CCCNC1C. The van der Waals surface area contributed by atoms with E-state index in [2.05, 4.69) is 31.4 Å². The molecule has 0 saturated carbocycles. The molecule has 0 aromatic rings. The highest BCUT2D eigenvalue weighted by Gasteiger charge is 2.26. The van der Waals surface area contributed by atoms with Crippen molar-refractivity contribution in [3.63, 3.8) is 0 Å². The Bertz CT molecular complexity index is 228. The van der Waals surface area contributed by atoms with E-state index in [0.717, 1.165) is 38.3 Å². The Morgan fingerprint density at radius 3 is 2.82 bits per heavy atom. The zero-order chi connectivity index (χ0) is 12.7. The Morgan fingerprint density at radius 1 is 1.41 bits per heavy atom. The van der Waals surface area contributed by atoms with Gasteiger partial charge in [-0.25, -0.2) is 0 Å². The van der Waals surface area contributed by atoms with Gasteiger partial charge in [0.25, 0.3) is 0 Å². The standard InChI is InChI=1S/C14H28N2O/c1-11(2)7-4-5-9-16-14(17)13-8-6-10-15-12(13)3/h11-13,15H,4-10H2,1-3H3,(H,16,17). The highest BCUT2D eigenvalue weighted by atomic mass is 16.1. The zero-order valence-corrected chi connectivity index (χ0v) is 11.6. The molecular weight excluding hydrogens is 212 g/mol. The van der Waals surface area contributed by atoms with Crippen LogP contribution in [0.3, 0.4) is 0 Å². The van der Waals surface area contributed by atoms with Gasteiger partial charge in [-0.1, -0.05) is 26.7 Å². The maximum atomic E-state index is 12.0. The molecule has 2 N–H and O–H groups in total. The molecule has 1 amide bonds. The fraction of sp³-hybridized carbons (Fsp3) is 0.929. The van der Waals surface area contributed by atoms with E-state index in [1.54, 1.807) is 0 Å². The lowest BCUT2D eigenvalue weighted by Crippen LogP contribution is -2.46. The largest absolute Gasteiger partial charge is 0.356 e. The maximum Gasteiger partial charge on any atom is 0.224 e. The van der Waals surface area contributed by atoms with Crippen LogP contribution >= 0.6 is 0 Å². The van der Waals surface area contributed by atoms with Gasteiger partial charge in [-0.15, -0.1) is 0 Å². The second-order valence-electron chi connectivity index (χ2n) is 5.67. The van der Waals surface area contributed by atoms with E-state index in [1.807, 2.05) is 0 Å². The van der Waals surface area contributed by atoms with Crippen LogP contribution in [0.25, 0.3) is 0 Å². The van der Waals surface area contributed by atoms with Crippen molar-refractivity contribution in [3.05, 3.63) is 0 Å². The van der Waals surface area contributed by atoms with Crippen LogP contribution in [0.2, 0.25) is 0 Å². The van der Waals surface area contributed by atoms with Gasteiger partial charge in [-0.05, 0) is 38.6 Å². The van der Waals surface area contributed by atoms with Gasteiger partial charge in [0.05, 0.1) is 5.92 Å². The van der Waals surface area contributed by atoms with Crippen LogP contribution in [0.4, 0.5) is 0 Å². The average molecular weight is 240 g/mol. The van der Waals surface area contributed by atoms with Crippen molar-refractivity contribution in [3.8, 4) is 0 Å². The second-order valence-corrected chi connectivity index (χ2v) is 5.67. The van der Waals surface area contributed by atoms with Crippen LogP contribution in [0.5, 0.6) is 0 Å². The van der Waals surface area contributed by atoms with Gasteiger partial charge < -0.3 is 10.6 Å². The van der Waals surface area contributed by atoms with Gasteiger partial charge in [-0.3, -0.25) is 4.79 Å². The van der Waals surface area contributed by atoms with Crippen molar-refractivity contribution in [1.82, 2.24) is 10.6 Å². The molecule has 3 nitrogen and oxygen atoms in total. The first-order valence-electron chi connectivity index (χ1n) is 7.12. The van der Waals surface area contributed by atoms with Gasteiger partial charge in [0, 0.05) is 12.6 Å². The first kappa shape index (κ1) is 14.5. The highest BCUT2D eigenvalue weighted by Crippen LogP contribution is 2.16. The third-order valence-corrected chi connectivity index (χ3v) is 3.61. The molecule has 17 heavy (non-hydrogen) atoms. The third-order valence-electron chi connectivity index (χ3n) is 3.61. The molecule has 1 aliphatic rings. The fourth-order valence-corrected chi connectivity index (χ4v) is 2.42. The molecule has 0 bridgehead atoms. The van der Waals surface area contributed by atoms with E-state index < -0.39 is 0 Å². The number of piperidine rings is 1. The summed E-state index contributed by atoms with van der Waals surface area (Å²) in [5, 5.41) is 6.45. The van der Waals surface area contributed by atoms with Crippen molar-refractivity contribution < 1.29 is 4.79 Å². The number of rotatable bonds is 6. The molecule has 0 aromatic carbocycles. The molecule has 2 atom stereocenters.